The minimum Gasteiger partial charge on any atom is -0.497 e. The Balaban J connectivity index is 1.31. The molecule has 4 aromatic rings. The minimum atomic E-state index is -0.379. The van der Waals surface area contributed by atoms with Crippen LogP contribution in [0.4, 0.5) is 5.69 Å². The largest absolute Gasteiger partial charge is 0.497 e. The van der Waals surface area contributed by atoms with Gasteiger partial charge in [0.1, 0.15) is 5.75 Å². The number of carbonyl (C=O) groups is 2. The van der Waals surface area contributed by atoms with Gasteiger partial charge in [-0.05, 0) is 35.2 Å². The molecule has 0 unspecified atom stereocenters. The Morgan fingerprint density at radius 3 is 2.91 bits per heavy atom. The van der Waals surface area contributed by atoms with Crippen LogP contribution in [-0.2, 0) is 9.59 Å². The predicted molar refractivity (Wildman–Crippen MR) is 131 cm³/mol. The molecule has 0 radical (unpaired) electrons. The van der Waals surface area contributed by atoms with E-state index in [1.54, 1.807) is 23.3 Å². The summed E-state index contributed by atoms with van der Waals surface area (Å²) in [5.41, 5.74) is 2.99. The van der Waals surface area contributed by atoms with Crippen LogP contribution >= 0.6 is 11.3 Å². The lowest BCUT2D eigenvalue weighted by atomic mass is 9.96. The summed E-state index contributed by atoms with van der Waals surface area (Å²) in [5, 5.41) is 6.35. The zero-order valence-corrected chi connectivity index (χ0v) is 19.1. The van der Waals surface area contributed by atoms with Crippen molar-refractivity contribution in [3.8, 4) is 5.75 Å². The standard InChI is InChI=1S/C26H25N3O3S/c1-32-19-7-4-6-18(13-19)29-16-17(12-25(29)30)26(31)28-15-22(24-10-5-11-33-24)21-14-27-23-9-3-2-8-20(21)23/h2-11,13-14,17,22,27H,12,15-16H2,1H3,(H,28,31)/t17-,22-/m0/s1. The number of hydrogen-bond donors (Lipinski definition) is 2. The molecule has 1 aliphatic rings. The maximum atomic E-state index is 13.1. The van der Waals surface area contributed by atoms with Gasteiger partial charge >= 0.3 is 0 Å². The topological polar surface area (TPSA) is 74.4 Å². The van der Waals surface area contributed by atoms with Crippen molar-refractivity contribution < 1.29 is 14.3 Å². The number of rotatable bonds is 7. The summed E-state index contributed by atoms with van der Waals surface area (Å²) in [6, 6.07) is 19.7. The van der Waals surface area contributed by atoms with Crippen molar-refractivity contribution in [1.82, 2.24) is 10.3 Å². The molecule has 168 valence electrons. The number of ether oxygens (including phenoxy) is 1. The lowest BCUT2D eigenvalue weighted by molar-refractivity contribution is -0.126. The molecule has 2 N–H and O–H groups in total. The monoisotopic (exact) mass is 459 g/mol. The molecule has 0 saturated carbocycles. The molecule has 6 nitrogen and oxygen atoms in total. The zero-order valence-electron chi connectivity index (χ0n) is 18.3. The fraction of sp³-hybridized carbons (Fsp3) is 0.231. The molecule has 2 atom stereocenters. The second kappa shape index (κ2) is 9.11. The molecule has 1 saturated heterocycles. The van der Waals surface area contributed by atoms with E-state index in [0.717, 1.165) is 22.2 Å². The molecule has 2 aromatic carbocycles. The maximum Gasteiger partial charge on any atom is 0.227 e. The Kier molecular flexibility index (Phi) is 5.88. The average Bonchev–Trinajstić information content (AvgIpc) is 3.60. The van der Waals surface area contributed by atoms with Crippen LogP contribution in [0.5, 0.6) is 5.75 Å². The van der Waals surface area contributed by atoms with E-state index < -0.39 is 0 Å². The number of amides is 2. The predicted octanol–water partition coefficient (Wildman–Crippen LogP) is 4.54. The number of nitrogens with one attached hydrogen (secondary N) is 2. The minimum absolute atomic E-state index is 0.0386. The number of carbonyl (C=O) groups excluding carboxylic acids is 2. The van der Waals surface area contributed by atoms with Crippen molar-refractivity contribution in [2.24, 2.45) is 5.92 Å². The molecular weight excluding hydrogens is 434 g/mol. The molecule has 1 fully saturated rings. The van der Waals surface area contributed by atoms with E-state index in [-0.39, 0.29) is 30.1 Å². The normalized spacial score (nSPS) is 16.8. The Morgan fingerprint density at radius 2 is 2.09 bits per heavy atom. The van der Waals surface area contributed by atoms with Gasteiger partial charge in [0, 0.05) is 59.2 Å². The highest BCUT2D eigenvalue weighted by molar-refractivity contribution is 7.10. The van der Waals surface area contributed by atoms with Gasteiger partial charge in [0.25, 0.3) is 0 Å². The van der Waals surface area contributed by atoms with Crippen molar-refractivity contribution in [2.75, 3.05) is 25.1 Å². The van der Waals surface area contributed by atoms with Crippen LogP contribution in [0.1, 0.15) is 22.8 Å². The number of para-hydroxylation sites is 1. The SMILES string of the molecule is COc1cccc(N2C[C@@H](C(=O)NC[C@H](c3cccs3)c3c[nH]c4ccccc34)CC2=O)c1. The molecule has 2 amide bonds. The van der Waals surface area contributed by atoms with Gasteiger partial charge in [-0.3, -0.25) is 9.59 Å². The lowest BCUT2D eigenvalue weighted by Crippen LogP contribution is -2.35. The van der Waals surface area contributed by atoms with Crippen LogP contribution in [0.25, 0.3) is 10.9 Å². The molecule has 7 heteroatoms. The lowest BCUT2D eigenvalue weighted by Gasteiger charge is -2.19. The van der Waals surface area contributed by atoms with Crippen molar-refractivity contribution in [2.45, 2.75) is 12.3 Å². The molecule has 0 spiro atoms. The van der Waals surface area contributed by atoms with Gasteiger partial charge in [-0.1, -0.05) is 30.3 Å². The van der Waals surface area contributed by atoms with Gasteiger partial charge in [-0.15, -0.1) is 11.3 Å². The number of aromatic amines is 1. The van der Waals surface area contributed by atoms with Gasteiger partial charge < -0.3 is 19.9 Å². The second-order valence-electron chi connectivity index (χ2n) is 8.21. The first-order valence-electron chi connectivity index (χ1n) is 11.0. The van der Waals surface area contributed by atoms with E-state index in [1.165, 1.54) is 4.88 Å². The number of benzene rings is 2. The summed E-state index contributed by atoms with van der Waals surface area (Å²) >= 11 is 1.68. The van der Waals surface area contributed by atoms with Crippen LogP contribution < -0.4 is 15.0 Å². The molecule has 0 bridgehead atoms. The smallest absolute Gasteiger partial charge is 0.227 e. The highest BCUT2D eigenvalue weighted by Gasteiger charge is 2.35. The summed E-state index contributed by atoms with van der Waals surface area (Å²) in [6.07, 6.45) is 2.24. The van der Waals surface area contributed by atoms with Crippen LogP contribution in [0.3, 0.4) is 0 Å². The first-order valence-corrected chi connectivity index (χ1v) is 11.8. The summed E-state index contributed by atoms with van der Waals surface area (Å²) < 4.78 is 5.27. The Hall–Kier alpha value is -3.58. The molecule has 3 heterocycles. The van der Waals surface area contributed by atoms with E-state index in [2.05, 4.69) is 33.9 Å². The third-order valence-electron chi connectivity index (χ3n) is 6.22. The Labute approximate surface area is 196 Å². The van der Waals surface area contributed by atoms with Crippen LogP contribution in [0.2, 0.25) is 0 Å². The van der Waals surface area contributed by atoms with E-state index >= 15 is 0 Å². The summed E-state index contributed by atoms with van der Waals surface area (Å²) in [6.45, 7) is 0.847. The molecular formula is C26H25N3O3S. The fourth-order valence-electron chi connectivity index (χ4n) is 4.49. The number of hydrogen-bond acceptors (Lipinski definition) is 4. The van der Waals surface area contributed by atoms with Gasteiger partial charge in [0.15, 0.2) is 0 Å². The summed E-state index contributed by atoms with van der Waals surface area (Å²) in [4.78, 5) is 31.9. The number of aromatic nitrogens is 1. The van der Waals surface area contributed by atoms with E-state index in [1.807, 2.05) is 48.7 Å². The number of anilines is 1. The third kappa shape index (κ3) is 4.24. The Bertz CT molecular complexity index is 1280. The molecule has 0 aliphatic carbocycles. The molecule has 2 aromatic heterocycles. The van der Waals surface area contributed by atoms with Crippen molar-refractivity contribution in [1.29, 1.82) is 0 Å². The van der Waals surface area contributed by atoms with Gasteiger partial charge in [0.05, 0.1) is 13.0 Å². The molecule has 1 aliphatic heterocycles. The van der Waals surface area contributed by atoms with Gasteiger partial charge in [0.2, 0.25) is 11.8 Å². The summed E-state index contributed by atoms with van der Waals surface area (Å²) in [5.74, 6) is 0.211. The van der Waals surface area contributed by atoms with Crippen LogP contribution in [-0.4, -0.2) is 37.0 Å². The zero-order chi connectivity index (χ0) is 22.8. The van der Waals surface area contributed by atoms with Crippen molar-refractivity contribution >= 4 is 39.7 Å². The van der Waals surface area contributed by atoms with E-state index in [9.17, 15) is 9.59 Å². The van der Waals surface area contributed by atoms with Crippen LogP contribution in [0, 0.1) is 5.92 Å². The third-order valence-corrected chi connectivity index (χ3v) is 7.21. The number of thiophene rings is 1. The Morgan fingerprint density at radius 1 is 1.21 bits per heavy atom. The first-order chi connectivity index (χ1) is 16.1. The first kappa shape index (κ1) is 21.3. The van der Waals surface area contributed by atoms with Gasteiger partial charge in [-0.2, -0.15) is 0 Å². The van der Waals surface area contributed by atoms with Crippen LogP contribution in [0.15, 0.2) is 72.2 Å². The highest BCUT2D eigenvalue weighted by atomic mass is 32.1. The molecule has 5 rings (SSSR count). The number of methoxy groups -OCH3 is 1. The number of nitrogens with zero attached hydrogens (tertiary/aromatic N) is 1. The average molecular weight is 460 g/mol. The summed E-state index contributed by atoms with van der Waals surface area (Å²) in [7, 11) is 1.60. The van der Waals surface area contributed by atoms with E-state index in [0.29, 0.717) is 18.8 Å². The number of fused-ring (bicyclic) bond motifs is 1. The second-order valence-corrected chi connectivity index (χ2v) is 9.19. The molecule has 33 heavy (non-hydrogen) atoms. The maximum absolute atomic E-state index is 13.1. The highest BCUT2D eigenvalue weighted by Crippen LogP contribution is 2.33. The van der Waals surface area contributed by atoms with E-state index in [4.69, 9.17) is 4.74 Å². The van der Waals surface area contributed by atoms with Crippen molar-refractivity contribution in [3.05, 3.63) is 82.7 Å². The quantitative estimate of drug-likeness (QED) is 0.426. The number of H-pyrrole nitrogens is 1. The van der Waals surface area contributed by atoms with Gasteiger partial charge in [-0.25, -0.2) is 0 Å². The fourth-order valence-corrected chi connectivity index (χ4v) is 5.34. The van der Waals surface area contributed by atoms with Crippen molar-refractivity contribution in [3.63, 3.8) is 0 Å².